The zero-order valence-corrected chi connectivity index (χ0v) is 16.9. The van der Waals surface area contributed by atoms with E-state index in [9.17, 15) is 13.0 Å². The second kappa shape index (κ2) is 9.82. The molecule has 0 fully saturated rings. The molecule has 0 aliphatic carbocycles. The van der Waals surface area contributed by atoms with Crippen LogP contribution in [0.2, 0.25) is 0 Å². The number of rotatable bonds is 4. The predicted molar refractivity (Wildman–Crippen MR) is 109 cm³/mol. The van der Waals surface area contributed by atoms with E-state index < -0.39 is 10.1 Å². The molecule has 0 amide bonds. The summed E-state index contributed by atoms with van der Waals surface area (Å²) in [6, 6.07) is 20.0. The van der Waals surface area contributed by atoms with Crippen molar-refractivity contribution >= 4 is 22.3 Å². The van der Waals surface area contributed by atoms with E-state index in [4.69, 9.17) is 4.74 Å². The minimum atomic E-state index is -4.27. The second-order valence-electron chi connectivity index (χ2n) is 6.11. The van der Waals surface area contributed by atoms with Crippen LogP contribution in [-0.4, -0.2) is 20.1 Å². The number of hydrogen-bond donors (Lipinski definition) is 0. The highest BCUT2D eigenvalue weighted by molar-refractivity contribution is 7.85. The van der Waals surface area contributed by atoms with Gasteiger partial charge in [-0.05, 0) is 30.7 Å². The van der Waals surface area contributed by atoms with E-state index in [-0.39, 0.29) is 4.90 Å². The molecule has 5 nitrogen and oxygen atoms in total. The lowest BCUT2D eigenvalue weighted by molar-refractivity contribution is -0.673. The average molecular weight is 397 g/mol. The van der Waals surface area contributed by atoms with Gasteiger partial charge in [-0.1, -0.05) is 48.0 Å². The Labute approximate surface area is 166 Å². The molecule has 0 saturated carbocycles. The molecule has 0 radical (unpaired) electrons. The summed E-state index contributed by atoms with van der Waals surface area (Å²) in [5.41, 5.74) is 3.22. The molecule has 2 aromatic carbocycles. The van der Waals surface area contributed by atoms with E-state index in [1.165, 1.54) is 17.7 Å². The Morgan fingerprint density at radius 1 is 0.964 bits per heavy atom. The highest BCUT2D eigenvalue weighted by Crippen LogP contribution is 2.11. The van der Waals surface area contributed by atoms with Crippen LogP contribution >= 0.6 is 0 Å². The number of hydrogen-bond acceptors (Lipinski definition) is 4. The Kier molecular flexibility index (Phi) is 7.49. The van der Waals surface area contributed by atoms with Crippen molar-refractivity contribution in [2.24, 2.45) is 7.05 Å². The number of nitrogens with zero attached hydrogens (tertiary/aromatic N) is 1. The van der Waals surface area contributed by atoms with Crippen molar-refractivity contribution in [3.05, 3.63) is 89.7 Å². The van der Waals surface area contributed by atoms with Gasteiger partial charge in [0.1, 0.15) is 22.9 Å². The molecule has 28 heavy (non-hydrogen) atoms. The van der Waals surface area contributed by atoms with Crippen molar-refractivity contribution < 1.29 is 22.3 Å². The Bertz CT molecular complexity index is 1030. The number of pyridine rings is 1. The highest BCUT2D eigenvalue weighted by atomic mass is 32.2. The molecule has 146 valence electrons. The molecule has 0 saturated heterocycles. The minimum Gasteiger partial charge on any atom is -0.744 e. The zero-order valence-electron chi connectivity index (χ0n) is 16.1. The van der Waals surface area contributed by atoms with Gasteiger partial charge in [-0.25, -0.2) is 13.0 Å². The molecule has 3 aromatic rings. The van der Waals surface area contributed by atoms with Crippen LogP contribution in [0.4, 0.5) is 0 Å². The van der Waals surface area contributed by atoms with Gasteiger partial charge < -0.3 is 9.29 Å². The van der Waals surface area contributed by atoms with Gasteiger partial charge in [-0.2, -0.15) is 0 Å². The van der Waals surface area contributed by atoms with Gasteiger partial charge in [0.2, 0.25) is 5.69 Å². The lowest BCUT2D eigenvalue weighted by Gasteiger charge is -2.05. The van der Waals surface area contributed by atoms with E-state index in [1.54, 1.807) is 19.2 Å². The first-order valence-electron chi connectivity index (χ1n) is 8.59. The molecule has 3 rings (SSSR count). The third kappa shape index (κ3) is 6.64. The summed E-state index contributed by atoms with van der Waals surface area (Å²) in [6.45, 7) is 1.82. The van der Waals surface area contributed by atoms with Gasteiger partial charge >= 0.3 is 0 Å². The van der Waals surface area contributed by atoms with Crippen molar-refractivity contribution in [2.45, 2.75) is 11.8 Å². The standard InChI is InChI=1S/C15H16NO.C7H8O3S/c1-16-11-10-15(17-2)12-14(16)9-8-13-6-4-3-5-7-13;1-6-2-4-7(5-3-6)11(8,9)10/h3-12H,1-2H3;2-5H,1H3,(H,8,9,10)/q+1;/p-1. The maximum absolute atomic E-state index is 10.4. The van der Waals surface area contributed by atoms with Crippen LogP contribution < -0.4 is 9.30 Å². The molecule has 0 atom stereocenters. The van der Waals surface area contributed by atoms with Gasteiger partial charge in [0, 0.05) is 12.1 Å². The summed E-state index contributed by atoms with van der Waals surface area (Å²) in [4.78, 5) is -0.178. The molecule has 0 N–H and O–H groups in total. The summed E-state index contributed by atoms with van der Waals surface area (Å²) in [5, 5.41) is 0. The normalized spacial score (nSPS) is 11.0. The number of ether oxygens (including phenoxy) is 1. The Hall–Kier alpha value is -2.96. The summed E-state index contributed by atoms with van der Waals surface area (Å²) in [7, 11) is -0.571. The maximum Gasteiger partial charge on any atom is 0.208 e. The lowest BCUT2D eigenvalue weighted by Crippen LogP contribution is -2.30. The number of aromatic nitrogens is 1. The first kappa shape index (κ1) is 21.3. The van der Waals surface area contributed by atoms with E-state index in [0.29, 0.717) is 0 Å². The van der Waals surface area contributed by atoms with Crippen molar-refractivity contribution in [1.82, 2.24) is 0 Å². The highest BCUT2D eigenvalue weighted by Gasteiger charge is 2.04. The molecule has 0 spiro atoms. The molecule has 0 aliphatic rings. The molecule has 0 bridgehead atoms. The fourth-order valence-electron chi connectivity index (χ4n) is 2.31. The maximum atomic E-state index is 10.4. The van der Waals surface area contributed by atoms with Crippen LogP contribution in [0.25, 0.3) is 12.2 Å². The number of benzene rings is 2. The topological polar surface area (TPSA) is 70.3 Å². The predicted octanol–water partition coefficient (Wildman–Crippen LogP) is 3.59. The van der Waals surface area contributed by atoms with Gasteiger partial charge in [0.25, 0.3) is 0 Å². The number of methoxy groups -OCH3 is 1. The van der Waals surface area contributed by atoms with Crippen molar-refractivity contribution in [1.29, 1.82) is 0 Å². The molecule has 6 heteroatoms. The number of aryl methyl sites for hydroxylation is 2. The van der Waals surface area contributed by atoms with Crippen LogP contribution in [0.1, 0.15) is 16.8 Å². The monoisotopic (exact) mass is 397 g/mol. The van der Waals surface area contributed by atoms with Crippen LogP contribution in [-0.2, 0) is 17.2 Å². The second-order valence-corrected chi connectivity index (χ2v) is 7.49. The van der Waals surface area contributed by atoms with Crippen LogP contribution in [0.3, 0.4) is 0 Å². The molecular weight excluding hydrogens is 374 g/mol. The van der Waals surface area contributed by atoms with Gasteiger partial charge in [-0.3, -0.25) is 0 Å². The zero-order chi connectivity index (χ0) is 20.6. The third-order valence-corrected chi connectivity index (χ3v) is 4.80. The average Bonchev–Trinajstić information content (AvgIpc) is 2.68. The quantitative estimate of drug-likeness (QED) is 0.498. The Balaban J connectivity index is 0.000000221. The minimum absolute atomic E-state index is 0.178. The van der Waals surface area contributed by atoms with E-state index in [1.807, 2.05) is 50.5 Å². The Morgan fingerprint density at radius 3 is 2.18 bits per heavy atom. The van der Waals surface area contributed by atoms with Crippen molar-refractivity contribution in [3.8, 4) is 5.75 Å². The summed E-state index contributed by atoms with van der Waals surface area (Å²) < 4.78 is 38.4. The van der Waals surface area contributed by atoms with E-state index >= 15 is 0 Å². The van der Waals surface area contributed by atoms with Gasteiger partial charge in [0.05, 0.1) is 18.1 Å². The fraction of sp³-hybridized carbons (Fsp3) is 0.136. The van der Waals surface area contributed by atoms with Crippen molar-refractivity contribution in [2.75, 3.05) is 7.11 Å². The van der Waals surface area contributed by atoms with E-state index in [0.717, 1.165) is 17.0 Å². The molecule has 1 heterocycles. The largest absolute Gasteiger partial charge is 0.744 e. The van der Waals surface area contributed by atoms with Crippen molar-refractivity contribution in [3.63, 3.8) is 0 Å². The van der Waals surface area contributed by atoms with Crippen LogP contribution in [0, 0.1) is 6.92 Å². The molecule has 1 aromatic heterocycles. The van der Waals surface area contributed by atoms with Crippen LogP contribution in [0.15, 0.2) is 77.8 Å². The first-order chi connectivity index (χ1) is 13.3. The van der Waals surface area contributed by atoms with Gasteiger partial charge in [0.15, 0.2) is 6.20 Å². The molecular formula is C22H23NO4S. The van der Waals surface area contributed by atoms with Gasteiger partial charge in [-0.15, -0.1) is 0 Å². The first-order valence-corrected chi connectivity index (χ1v) is 10.00. The SMILES string of the molecule is COc1cc[n+](C)c(C=Cc2ccccc2)c1.Cc1ccc(S(=O)(=O)[O-])cc1. The summed E-state index contributed by atoms with van der Waals surface area (Å²) >= 11 is 0. The lowest BCUT2D eigenvalue weighted by atomic mass is 10.2. The van der Waals surface area contributed by atoms with Crippen LogP contribution in [0.5, 0.6) is 5.75 Å². The summed E-state index contributed by atoms with van der Waals surface area (Å²) in [6.07, 6.45) is 6.16. The summed E-state index contributed by atoms with van der Waals surface area (Å²) in [5.74, 6) is 0.871. The third-order valence-electron chi connectivity index (χ3n) is 3.95. The molecule has 0 aliphatic heterocycles. The van der Waals surface area contributed by atoms with E-state index in [2.05, 4.69) is 28.9 Å². The fourth-order valence-corrected chi connectivity index (χ4v) is 2.78. The smallest absolute Gasteiger partial charge is 0.208 e. The Morgan fingerprint density at radius 2 is 1.61 bits per heavy atom. The molecule has 0 unspecified atom stereocenters.